The quantitative estimate of drug-likeness (QED) is 0.372. The molecule has 2 aromatic rings. The zero-order chi connectivity index (χ0) is 25.1. The molecule has 0 bridgehead atoms. The van der Waals surface area contributed by atoms with Gasteiger partial charge in [0.15, 0.2) is 0 Å². The molecule has 0 spiro atoms. The van der Waals surface area contributed by atoms with E-state index in [0.717, 1.165) is 11.1 Å². The van der Waals surface area contributed by atoms with Gasteiger partial charge in [-0.1, -0.05) is 24.3 Å². The summed E-state index contributed by atoms with van der Waals surface area (Å²) in [4.78, 5) is 37.0. The lowest BCUT2D eigenvalue weighted by molar-refractivity contribution is -0.137. The Kier molecular flexibility index (Phi) is 10.3. The molecule has 3 amide bonds. The van der Waals surface area contributed by atoms with E-state index < -0.39 is 5.97 Å². The summed E-state index contributed by atoms with van der Waals surface area (Å²) in [6.45, 7) is 4.70. The summed E-state index contributed by atoms with van der Waals surface area (Å²) in [5.74, 6) is -0.488. The first-order valence-electron chi connectivity index (χ1n) is 11.2. The molecule has 1 atom stereocenters. The number of hydrogen-bond acceptors (Lipinski definition) is 5. The first-order chi connectivity index (χ1) is 16.2. The van der Waals surface area contributed by atoms with E-state index in [0.29, 0.717) is 43.1 Å². The predicted octanol–water partition coefficient (Wildman–Crippen LogP) is 4.01. The molecule has 2 aromatic carbocycles. The third-order valence-corrected chi connectivity index (χ3v) is 5.38. The van der Waals surface area contributed by atoms with Crippen LogP contribution in [0.3, 0.4) is 0 Å². The average Bonchev–Trinajstić information content (AvgIpc) is 2.78. The van der Waals surface area contributed by atoms with Gasteiger partial charge < -0.3 is 30.7 Å². The lowest BCUT2D eigenvalue weighted by Crippen LogP contribution is -2.30. The number of amides is 3. The number of ether oxygens (including phenoxy) is 1. The third-order valence-electron chi connectivity index (χ3n) is 5.38. The second kappa shape index (κ2) is 13.2. The monoisotopic (exact) mass is 470 g/mol. The Hall–Kier alpha value is -3.59. The third kappa shape index (κ3) is 8.74. The summed E-state index contributed by atoms with van der Waals surface area (Å²) in [6, 6.07) is 12.2. The van der Waals surface area contributed by atoms with Crippen LogP contribution in [0.25, 0.3) is 0 Å². The summed E-state index contributed by atoms with van der Waals surface area (Å²) < 4.78 is 5.50. The number of aliphatic carboxylic acids is 1. The minimum atomic E-state index is -0.807. The molecule has 0 saturated heterocycles. The minimum absolute atomic E-state index is 0.128. The van der Waals surface area contributed by atoms with Gasteiger partial charge in [-0.25, -0.2) is 4.79 Å². The molecule has 34 heavy (non-hydrogen) atoms. The maximum absolute atomic E-state index is 12.5. The van der Waals surface area contributed by atoms with Gasteiger partial charge in [-0.05, 0) is 62.7 Å². The Balaban J connectivity index is 2.07. The fraction of sp³-hybridized carbons (Fsp3) is 0.400. The Morgan fingerprint density at radius 3 is 2.41 bits per heavy atom. The number of benzene rings is 2. The molecule has 0 heterocycles. The van der Waals surface area contributed by atoms with Crippen molar-refractivity contribution in [3.63, 3.8) is 0 Å². The van der Waals surface area contributed by atoms with E-state index >= 15 is 0 Å². The number of carboxylic acids is 1. The smallest absolute Gasteiger partial charge is 0.323 e. The highest BCUT2D eigenvalue weighted by Gasteiger charge is 2.17. The molecule has 184 valence electrons. The van der Waals surface area contributed by atoms with Gasteiger partial charge in [0.25, 0.3) is 0 Å². The summed E-state index contributed by atoms with van der Waals surface area (Å²) in [5.41, 5.74) is 3.01. The average molecular weight is 471 g/mol. The first-order valence-corrected chi connectivity index (χ1v) is 11.2. The molecule has 0 aliphatic carbocycles. The van der Waals surface area contributed by atoms with E-state index in [9.17, 15) is 14.4 Å². The van der Waals surface area contributed by atoms with Crippen LogP contribution in [-0.2, 0) is 9.59 Å². The Bertz CT molecular complexity index is 995. The molecule has 9 heteroatoms. The van der Waals surface area contributed by atoms with Crippen LogP contribution in [0.15, 0.2) is 42.5 Å². The summed E-state index contributed by atoms with van der Waals surface area (Å²) in [7, 11) is 3.44. The molecular formula is C25H34N4O5. The van der Waals surface area contributed by atoms with Crippen LogP contribution >= 0.6 is 0 Å². The molecular weight excluding hydrogens is 436 g/mol. The van der Waals surface area contributed by atoms with Gasteiger partial charge in [0.05, 0.1) is 18.8 Å². The van der Waals surface area contributed by atoms with Gasteiger partial charge in [-0.3, -0.25) is 9.59 Å². The predicted molar refractivity (Wildman–Crippen MR) is 132 cm³/mol. The Morgan fingerprint density at radius 1 is 1.06 bits per heavy atom. The standard InChI is InChI=1S/C25H34N4O5/c1-17-8-5-6-9-20(17)27-25(33)28-22-12-11-19(16-23(22)34-4)21(26-18(2)30)13-15-29(3)14-7-10-24(31)32/h5-6,8-9,11-12,16,21H,7,10,13-15H2,1-4H3,(H,26,30)(H,31,32)(H2,27,28,33). The lowest BCUT2D eigenvalue weighted by atomic mass is 10.0. The number of carbonyl (C=O) groups excluding carboxylic acids is 2. The number of nitrogens with one attached hydrogen (secondary N) is 3. The van der Waals surface area contributed by atoms with E-state index in [4.69, 9.17) is 9.84 Å². The fourth-order valence-electron chi connectivity index (χ4n) is 3.55. The first kappa shape index (κ1) is 26.7. The van der Waals surface area contributed by atoms with Crippen molar-refractivity contribution in [2.24, 2.45) is 0 Å². The van der Waals surface area contributed by atoms with Crippen molar-refractivity contribution in [1.82, 2.24) is 10.2 Å². The fourth-order valence-corrected chi connectivity index (χ4v) is 3.55. The highest BCUT2D eigenvalue weighted by molar-refractivity contribution is 6.01. The number of para-hydroxylation sites is 1. The van der Waals surface area contributed by atoms with E-state index in [-0.39, 0.29) is 24.4 Å². The topological polar surface area (TPSA) is 120 Å². The number of rotatable bonds is 12. The van der Waals surface area contributed by atoms with Crippen LogP contribution in [0.4, 0.5) is 16.2 Å². The zero-order valence-corrected chi connectivity index (χ0v) is 20.2. The molecule has 2 rings (SSSR count). The number of carbonyl (C=O) groups is 3. The molecule has 1 unspecified atom stereocenters. The number of urea groups is 1. The maximum Gasteiger partial charge on any atom is 0.323 e. The number of anilines is 2. The normalized spacial score (nSPS) is 11.6. The Morgan fingerprint density at radius 2 is 1.76 bits per heavy atom. The van der Waals surface area contributed by atoms with Crippen LogP contribution in [0, 0.1) is 6.92 Å². The maximum atomic E-state index is 12.5. The van der Waals surface area contributed by atoms with Crippen molar-refractivity contribution in [1.29, 1.82) is 0 Å². The highest BCUT2D eigenvalue weighted by Crippen LogP contribution is 2.30. The molecule has 0 fully saturated rings. The second-order valence-electron chi connectivity index (χ2n) is 8.20. The van der Waals surface area contributed by atoms with Crippen molar-refractivity contribution >= 4 is 29.3 Å². The largest absolute Gasteiger partial charge is 0.495 e. The number of nitrogens with zero attached hydrogens (tertiary/aromatic N) is 1. The van der Waals surface area contributed by atoms with Crippen LogP contribution in [0.5, 0.6) is 5.75 Å². The van der Waals surface area contributed by atoms with Crippen molar-refractivity contribution in [3.05, 3.63) is 53.6 Å². The molecule has 9 nitrogen and oxygen atoms in total. The molecule has 0 aromatic heterocycles. The summed E-state index contributed by atoms with van der Waals surface area (Å²) >= 11 is 0. The van der Waals surface area contributed by atoms with Crippen molar-refractivity contribution in [2.75, 3.05) is 37.9 Å². The van der Waals surface area contributed by atoms with Crippen LogP contribution in [0.2, 0.25) is 0 Å². The van der Waals surface area contributed by atoms with Gasteiger partial charge >= 0.3 is 12.0 Å². The van der Waals surface area contributed by atoms with E-state index in [1.54, 1.807) is 12.1 Å². The lowest BCUT2D eigenvalue weighted by Gasteiger charge is -2.23. The number of carboxylic acid groups (broad SMARTS) is 1. The molecule has 0 aliphatic heterocycles. The Labute approximate surface area is 200 Å². The van der Waals surface area contributed by atoms with E-state index in [1.165, 1.54) is 14.0 Å². The molecule has 0 aliphatic rings. The zero-order valence-electron chi connectivity index (χ0n) is 20.2. The summed E-state index contributed by atoms with van der Waals surface area (Å²) in [5, 5.41) is 17.4. The number of hydrogen-bond donors (Lipinski definition) is 4. The van der Waals surface area contributed by atoms with E-state index in [1.807, 2.05) is 49.2 Å². The molecule has 4 N–H and O–H groups in total. The molecule has 0 saturated carbocycles. The number of aryl methyl sites for hydroxylation is 1. The van der Waals surface area contributed by atoms with Crippen LogP contribution in [-0.4, -0.2) is 55.2 Å². The molecule has 0 radical (unpaired) electrons. The minimum Gasteiger partial charge on any atom is -0.495 e. The van der Waals surface area contributed by atoms with Crippen molar-refractivity contribution < 1.29 is 24.2 Å². The van der Waals surface area contributed by atoms with Crippen molar-refractivity contribution in [3.8, 4) is 5.75 Å². The van der Waals surface area contributed by atoms with Gasteiger partial charge in [-0.2, -0.15) is 0 Å². The SMILES string of the molecule is COc1cc(C(CCN(C)CCCC(=O)O)NC(C)=O)ccc1NC(=O)Nc1ccccc1C. The van der Waals surface area contributed by atoms with Gasteiger partial charge in [0.1, 0.15) is 5.75 Å². The summed E-state index contributed by atoms with van der Waals surface area (Å²) in [6.07, 6.45) is 1.32. The highest BCUT2D eigenvalue weighted by atomic mass is 16.5. The van der Waals surface area contributed by atoms with Gasteiger partial charge in [0.2, 0.25) is 5.91 Å². The van der Waals surface area contributed by atoms with Crippen LogP contribution in [0.1, 0.15) is 43.4 Å². The van der Waals surface area contributed by atoms with Gasteiger partial charge in [0, 0.05) is 25.6 Å². The number of methoxy groups -OCH3 is 1. The second-order valence-corrected chi connectivity index (χ2v) is 8.20. The van der Waals surface area contributed by atoms with Gasteiger partial charge in [-0.15, -0.1) is 0 Å². The van der Waals surface area contributed by atoms with Crippen LogP contribution < -0.4 is 20.7 Å². The van der Waals surface area contributed by atoms with E-state index in [2.05, 4.69) is 16.0 Å². The van der Waals surface area contributed by atoms with Crippen molar-refractivity contribution in [2.45, 2.75) is 39.2 Å².